The minimum atomic E-state index is -0.477. The van der Waals surface area contributed by atoms with Crippen LogP contribution in [-0.4, -0.2) is 24.1 Å². The summed E-state index contributed by atoms with van der Waals surface area (Å²) in [4.78, 5) is 21.1. The number of ether oxygens (including phenoxy) is 2. The van der Waals surface area contributed by atoms with Gasteiger partial charge in [-0.1, -0.05) is 0 Å². The zero-order valence-corrected chi connectivity index (χ0v) is 10.4. The molecule has 1 fully saturated rings. The molecule has 0 saturated carbocycles. The lowest BCUT2D eigenvalue weighted by Crippen LogP contribution is -2.22. The van der Waals surface area contributed by atoms with Crippen molar-refractivity contribution in [1.82, 2.24) is 0 Å². The van der Waals surface area contributed by atoms with Gasteiger partial charge in [0.15, 0.2) is 6.29 Å². The first-order chi connectivity index (χ1) is 9.20. The Bertz CT molecular complexity index is 468. The first-order valence-corrected chi connectivity index (χ1v) is 6.16. The van der Waals surface area contributed by atoms with E-state index in [0.717, 1.165) is 19.3 Å². The van der Waals surface area contributed by atoms with Gasteiger partial charge in [0.05, 0.1) is 17.1 Å². The largest absolute Gasteiger partial charge is 0.353 e. The van der Waals surface area contributed by atoms with Gasteiger partial charge in [0.2, 0.25) is 0 Å². The van der Waals surface area contributed by atoms with E-state index in [1.165, 1.54) is 18.2 Å². The molecule has 1 aliphatic heterocycles. The summed E-state index contributed by atoms with van der Waals surface area (Å²) in [6, 6.07) is 4.23. The maximum atomic E-state index is 10.9. The van der Waals surface area contributed by atoms with Gasteiger partial charge in [0.25, 0.3) is 5.69 Å². The average molecular weight is 265 g/mol. The molecule has 0 N–H and O–H groups in total. The Morgan fingerprint density at radius 1 is 1.47 bits per heavy atom. The molecular formula is C13H15NO5. The molecule has 1 heterocycles. The molecule has 0 aromatic heterocycles. The Kier molecular flexibility index (Phi) is 4.59. The molecule has 0 radical (unpaired) electrons. The van der Waals surface area contributed by atoms with E-state index in [0.29, 0.717) is 24.0 Å². The molecule has 0 amide bonds. The Hall–Kier alpha value is -1.79. The van der Waals surface area contributed by atoms with E-state index in [9.17, 15) is 14.9 Å². The molecule has 0 bridgehead atoms. The monoisotopic (exact) mass is 265 g/mol. The zero-order valence-electron chi connectivity index (χ0n) is 10.4. The fourth-order valence-corrected chi connectivity index (χ4v) is 2.00. The van der Waals surface area contributed by atoms with Crippen molar-refractivity contribution in [2.24, 2.45) is 0 Å². The molecule has 102 valence electrons. The summed E-state index contributed by atoms with van der Waals surface area (Å²) in [5.41, 5.74) is 0.749. The topological polar surface area (TPSA) is 78.7 Å². The molecule has 1 saturated heterocycles. The molecule has 1 aromatic carbocycles. The fourth-order valence-electron chi connectivity index (χ4n) is 2.00. The summed E-state index contributed by atoms with van der Waals surface area (Å²) in [7, 11) is 0. The lowest BCUT2D eigenvalue weighted by Gasteiger charge is -2.22. The van der Waals surface area contributed by atoms with Crippen LogP contribution in [0.15, 0.2) is 18.2 Å². The van der Waals surface area contributed by atoms with E-state index in [1.54, 1.807) is 0 Å². The Balaban J connectivity index is 2.08. The SMILES string of the molecule is O=Cc1ccc([N+](=O)[O-])c(COC2CCCCO2)c1. The van der Waals surface area contributed by atoms with Crippen LogP contribution in [0, 0.1) is 10.1 Å². The first-order valence-electron chi connectivity index (χ1n) is 6.16. The maximum absolute atomic E-state index is 10.9. The van der Waals surface area contributed by atoms with Crippen molar-refractivity contribution in [3.05, 3.63) is 39.4 Å². The molecule has 19 heavy (non-hydrogen) atoms. The minimum Gasteiger partial charge on any atom is -0.353 e. The summed E-state index contributed by atoms with van der Waals surface area (Å²) < 4.78 is 10.9. The van der Waals surface area contributed by atoms with E-state index in [1.807, 2.05) is 0 Å². The molecule has 0 spiro atoms. The molecule has 6 heteroatoms. The van der Waals surface area contributed by atoms with Crippen LogP contribution < -0.4 is 0 Å². The van der Waals surface area contributed by atoms with Gasteiger partial charge in [-0.05, 0) is 31.4 Å². The lowest BCUT2D eigenvalue weighted by molar-refractivity contribution is -0.386. The van der Waals surface area contributed by atoms with E-state index in [4.69, 9.17) is 9.47 Å². The Morgan fingerprint density at radius 2 is 2.32 bits per heavy atom. The van der Waals surface area contributed by atoms with Crippen LogP contribution in [0.4, 0.5) is 5.69 Å². The zero-order chi connectivity index (χ0) is 13.7. The second-order valence-corrected chi connectivity index (χ2v) is 4.37. The predicted octanol–water partition coefficient (Wildman–Crippen LogP) is 2.45. The van der Waals surface area contributed by atoms with Crippen LogP contribution in [-0.2, 0) is 16.1 Å². The molecule has 0 aliphatic carbocycles. The van der Waals surface area contributed by atoms with Crippen LogP contribution >= 0.6 is 0 Å². The number of aldehydes is 1. The molecule has 1 unspecified atom stereocenters. The Labute approximate surface area is 110 Å². The average Bonchev–Trinajstić information content (AvgIpc) is 2.45. The number of carbonyl (C=O) groups is 1. The quantitative estimate of drug-likeness (QED) is 0.464. The number of nitro groups is 1. The fraction of sp³-hybridized carbons (Fsp3) is 0.462. The molecule has 6 nitrogen and oxygen atoms in total. The summed E-state index contributed by atoms with van der Waals surface area (Å²) in [6.45, 7) is 0.726. The molecule has 1 aliphatic rings. The van der Waals surface area contributed by atoms with E-state index in [2.05, 4.69) is 0 Å². The predicted molar refractivity (Wildman–Crippen MR) is 66.9 cm³/mol. The van der Waals surface area contributed by atoms with Gasteiger partial charge in [-0.25, -0.2) is 0 Å². The third-order valence-electron chi connectivity index (χ3n) is 3.00. The molecule has 1 atom stereocenters. The number of rotatable bonds is 5. The molecular weight excluding hydrogens is 250 g/mol. The number of nitro benzene ring substituents is 1. The van der Waals surface area contributed by atoms with Crippen LogP contribution in [0.2, 0.25) is 0 Å². The van der Waals surface area contributed by atoms with E-state index < -0.39 is 4.92 Å². The number of hydrogen-bond donors (Lipinski definition) is 0. The van der Waals surface area contributed by atoms with Gasteiger partial charge in [-0.3, -0.25) is 14.9 Å². The van der Waals surface area contributed by atoms with Gasteiger partial charge in [-0.2, -0.15) is 0 Å². The van der Waals surface area contributed by atoms with Crippen molar-refractivity contribution < 1.29 is 19.2 Å². The summed E-state index contributed by atoms with van der Waals surface area (Å²) in [5.74, 6) is 0. The van der Waals surface area contributed by atoms with Gasteiger partial charge in [-0.15, -0.1) is 0 Å². The first kappa shape index (κ1) is 13.6. The highest BCUT2D eigenvalue weighted by Gasteiger charge is 2.18. The van der Waals surface area contributed by atoms with Gasteiger partial charge in [0, 0.05) is 18.2 Å². The Morgan fingerprint density at radius 3 is 2.95 bits per heavy atom. The standard InChI is InChI=1S/C13H15NO5/c15-8-10-4-5-12(14(16)17)11(7-10)9-19-13-3-1-2-6-18-13/h4-5,7-8,13H,1-3,6,9H2. The van der Waals surface area contributed by atoms with E-state index >= 15 is 0 Å². The molecule has 1 aromatic rings. The number of benzene rings is 1. The van der Waals surface area contributed by atoms with Crippen molar-refractivity contribution in [3.63, 3.8) is 0 Å². The van der Waals surface area contributed by atoms with Crippen molar-refractivity contribution in [2.45, 2.75) is 32.2 Å². The minimum absolute atomic E-state index is 0.0404. The third kappa shape index (κ3) is 3.59. The summed E-state index contributed by atoms with van der Waals surface area (Å²) in [5, 5.41) is 10.9. The van der Waals surface area contributed by atoms with Crippen molar-refractivity contribution in [3.8, 4) is 0 Å². The third-order valence-corrected chi connectivity index (χ3v) is 3.00. The highest BCUT2D eigenvalue weighted by atomic mass is 16.7. The highest BCUT2D eigenvalue weighted by molar-refractivity contribution is 5.76. The van der Waals surface area contributed by atoms with Crippen molar-refractivity contribution >= 4 is 12.0 Å². The second kappa shape index (κ2) is 6.40. The number of carbonyl (C=O) groups excluding carboxylic acids is 1. The number of hydrogen-bond acceptors (Lipinski definition) is 5. The van der Waals surface area contributed by atoms with Gasteiger partial charge < -0.3 is 9.47 Å². The van der Waals surface area contributed by atoms with Crippen LogP contribution in [0.3, 0.4) is 0 Å². The van der Waals surface area contributed by atoms with Gasteiger partial charge >= 0.3 is 0 Å². The number of nitrogens with zero attached hydrogens (tertiary/aromatic N) is 1. The maximum Gasteiger partial charge on any atom is 0.274 e. The van der Waals surface area contributed by atoms with Crippen molar-refractivity contribution in [1.29, 1.82) is 0 Å². The van der Waals surface area contributed by atoms with E-state index in [-0.39, 0.29) is 18.6 Å². The smallest absolute Gasteiger partial charge is 0.274 e. The normalized spacial score (nSPS) is 19.1. The summed E-state index contributed by atoms with van der Waals surface area (Å²) in [6.07, 6.45) is 3.18. The van der Waals surface area contributed by atoms with Gasteiger partial charge in [0.1, 0.15) is 6.29 Å². The molecule has 2 rings (SSSR count). The van der Waals surface area contributed by atoms with Crippen LogP contribution in [0.25, 0.3) is 0 Å². The second-order valence-electron chi connectivity index (χ2n) is 4.37. The van der Waals surface area contributed by atoms with Crippen LogP contribution in [0.5, 0.6) is 0 Å². The lowest BCUT2D eigenvalue weighted by atomic mass is 10.1. The van der Waals surface area contributed by atoms with Crippen LogP contribution in [0.1, 0.15) is 35.2 Å². The summed E-state index contributed by atoms with van der Waals surface area (Å²) >= 11 is 0. The highest BCUT2D eigenvalue weighted by Crippen LogP contribution is 2.22. The van der Waals surface area contributed by atoms with Crippen molar-refractivity contribution in [2.75, 3.05) is 6.61 Å².